The molecule has 0 saturated heterocycles. The first-order chi connectivity index (χ1) is 12.7. The average Bonchev–Trinajstić information content (AvgIpc) is 2.49. The van der Waals surface area contributed by atoms with Crippen molar-refractivity contribution in [1.82, 2.24) is 0 Å². The molecule has 0 aliphatic rings. The summed E-state index contributed by atoms with van der Waals surface area (Å²) in [6.07, 6.45) is 2.44. The van der Waals surface area contributed by atoms with Gasteiger partial charge in [0.15, 0.2) is 8.32 Å². The van der Waals surface area contributed by atoms with Gasteiger partial charge in [-0.05, 0) is 45.3 Å². The summed E-state index contributed by atoms with van der Waals surface area (Å²) in [5.41, 5.74) is -0.0637. The topological polar surface area (TPSA) is 91.3 Å². The van der Waals surface area contributed by atoms with Crippen LogP contribution in [0.15, 0.2) is 12.2 Å². The van der Waals surface area contributed by atoms with Crippen molar-refractivity contribution in [3.63, 3.8) is 0 Å². The highest BCUT2D eigenvalue weighted by Gasteiger charge is 2.40. The zero-order valence-electron chi connectivity index (χ0n) is 18.6. The van der Waals surface area contributed by atoms with E-state index in [1.807, 2.05) is 13.1 Å². The van der Waals surface area contributed by atoms with Gasteiger partial charge < -0.3 is 22.5 Å². The lowest BCUT2D eigenvalue weighted by Crippen LogP contribution is -2.53. The summed E-state index contributed by atoms with van der Waals surface area (Å²) in [7, 11) is -6.41. The maximum absolute atomic E-state index is 11.6. The Bertz CT molecular complexity index is 533. The van der Waals surface area contributed by atoms with E-state index in [9.17, 15) is 9.59 Å². The molecular weight excluding hydrogens is 412 g/mol. The van der Waals surface area contributed by atoms with Crippen LogP contribution in [0.25, 0.3) is 0 Å². The van der Waals surface area contributed by atoms with Crippen molar-refractivity contribution in [2.45, 2.75) is 77.9 Å². The van der Waals surface area contributed by atoms with Gasteiger partial charge in [0.25, 0.3) is 0 Å². The molecule has 0 aromatic carbocycles. The number of ether oxygens (including phenoxy) is 1. The maximum Gasteiger partial charge on any atom is 0.333 e. The molecule has 0 bridgehead atoms. The predicted octanol–water partition coefficient (Wildman–Crippen LogP) is 4.41. The normalized spacial score (nSPS) is 12.7. The third kappa shape index (κ3) is 13.4. The van der Waals surface area contributed by atoms with Crippen LogP contribution in [0.3, 0.4) is 0 Å². The van der Waals surface area contributed by atoms with Crippen molar-refractivity contribution in [2.24, 2.45) is 0 Å². The first-order valence-electron chi connectivity index (χ1n) is 9.81. The minimum atomic E-state index is -2.37. The Kier molecular flexibility index (Phi) is 11.7. The lowest BCUT2D eigenvalue weighted by atomic mass is 10.2. The van der Waals surface area contributed by atoms with E-state index in [-0.39, 0.29) is 12.2 Å². The number of aliphatic carboxylic acids is 1. The number of unbranched alkanes of at least 4 members (excludes halogenated alkanes) is 1. The van der Waals surface area contributed by atoms with Crippen LogP contribution in [-0.4, -0.2) is 55.7 Å². The van der Waals surface area contributed by atoms with E-state index in [1.54, 1.807) is 0 Å². The molecule has 0 fully saturated rings. The minimum Gasteiger partial charge on any atom is -0.481 e. The predicted molar refractivity (Wildman–Crippen MR) is 117 cm³/mol. The van der Waals surface area contributed by atoms with Crippen LogP contribution < -0.4 is 0 Å². The highest BCUT2D eigenvalue weighted by atomic mass is 28.5. The molecule has 0 spiro atoms. The molecule has 0 aliphatic heterocycles. The molecule has 0 amide bonds. The van der Waals surface area contributed by atoms with Crippen molar-refractivity contribution in [3.05, 3.63) is 12.2 Å². The van der Waals surface area contributed by atoms with Gasteiger partial charge in [-0.1, -0.05) is 26.3 Å². The van der Waals surface area contributed by atoms with E-state index in [2.05, 4.69) is 39.7 Å². The van der Waals surface area contributed by atoms with Gasteiger partial charge in [0.1, 0.15) is 0 Å². The van der Waals surface area contributed by atoms with Gasteiger partial charge >= 0.3 is 29.1 Å². The fourth-order valence-corrected chi connectivity index (χ4v) is 15.9. The summed E-state index contributed by atoms with van der Waals surface area (Å²) in [5, 5.41) is 8.64. The van der Waals surface area contributed by atoms with Crippen LogP contribution in [0.1, 0.15) is 32.6 Å². The van der Waals surface area contributed by atoms with Gasteiger partial charge in [0.05, 0.1) is 13.0 Å². The summed E-state index contributed by atoms with van der Waals surface area (Å²) in [4.78, 5) is 22.1. The van der Waals surface area contributed by atoms with Crippen LogP contribution >= 0.6 is 0 Å². The van der Waals surface area contributed by atoms with Crippen molar-refractivity contribution >= 4 is 37.4 Å². The lowest BCUT2D eigenvalue weighted by Gasteiger charge is -2.38. The molecule has 28 heavy (non-hydrogen) atoms. The Labute approximate surface area is 173 Å². The highest BCUT2D eigenvalue weighted by Crippen LogP contribution is 2.24. The average molecular weight is 451 g/mol. The molecule has 0 radical (unpaired) electrons. The Morgan fingerprint density at radius 2 is 1.54 bits per heavy atom. The summed E-state index contributed by atoms with van der Waals surface area (Å²) in [5.74, 6) is -1.79. The number of carboxylic acid groups (broad SMARTS) is 1. The molecule has 0 rings (SSSR count). The van der Waals surface area contributed by atoms with Gasteiger partial charge in [-0.15, -0.1) is 0 Å². The Hall–Kier alpha value is -0.789. The van der Waals surface area contributed by atoms with E-state index >= 15 is 0 Å². The molecule has 0 aromatic heterocycles. The summed E-state index contributed by atoms with van der Waals surface area (Å²) < 4.78 is 23.7. The second kappa shape index (κ2) is 12.0. The van der Waals surface area contributed by atoms with Crippen molar-refractivity contribution in [1.29, 1.82) is 0 Å². The van der Waals surface area contributed by atoms with Crippen molar-refractivity contribution < 1.29 is 32.1 Å². The molecule has 0 atom stereocenters. The largest absolute Gasteiger partial charge is 0.481 e. The highest BCUT2D eigenvalue weighted by molar-refractivity contribution is 6.86. The van der Waals surface area contributed by atoms with Gasteiger partial charge in [0.2, 0.25) is 0 Å². The summed E-state index contributed by atoms with van der Waals surface area (Å²) in [6.45, 7) is 18.8. The molecule has 0 unspecified atom stereocenters. The number of carbonyl (C=O) groups is 2. The molecular formula is C18H38O7Si3. The molecule has 1 N–H and O–H groups in total. The molecule has 0 saturated carbocycles. The first-order valence-corrected chi connectivity index (χ1v) is 18.6. The monoisotopic (exact) mass is 450 g/mol. The fourth-order valence-electron chi connectivity index (χ4n) is 2.86. The SMILES string of the molecule is C=C(CC(=O)O)C(=O)OCCCO[Si](C)(C)O[Si](C)(C)O[Si](C)(C)CCCC. The zero-order chi connectivity index (χ0) is 22.0. The molecule has 10 heteroatoms. The Morgan fingerprint density at radius 3 is 2.07 bits per heavy atom. The number of hydrogen-bond acceptors (Lipinski definition) is 6. The number of carbonyl (C=O) groups excluding carboxylic acids is 1. The Morgan fingerprint density at radius 1 is 0.929 bits per heavy atom. The van der Waals surface area contributed by atoms with E-state index in [0.717, 1.165) is 6.04 Å². The Balaban J connectivity index is 4.30. The molecule has 164 valence electrons. The molecule has 0 aromatic rings. The van der Waals surface area contributed by atoms with Gasteiger partial charge in [-0.25, -0.2) is 4.79 Å². The van der Waals surface area contributed by atoms with Crippen molar-refractivity contribution in [2.75, 3.05) is 13.2 Å². The summed E-state index contributed by atoms with van der Waals surface area (Å²) in [6, 6.07) is 1.13. The third-order valence-electron chi connectivity index (χ3n) is 3.77. The number of hydrogen-bond donors (Lipinski definition) is 1. The van der Waals surface area contributed by atoms with Crippen LogP contribution in [-0.2, 0) is 27.0 Å². The number of esters is 1. The van der Waals surface area contributed by atoms with Crippen LogP contribution in [0.2, 0.25) is 45.3 Å². The minimum absolute atomic E-state index is 0.0637. The molecule has 7 nitrogen and oxygen atoms in total. The standard InChI is InChI=1S/C18H38O7Si3/c1-9-10-14-26(3,4)24-28(7,8)25-27(5,6)23-13-11-12-22-18(21)16(2)15-17(19)20/h2,9-15H2,1,3-8H3,(H,19,20). The van der Waals surface area contributed by atoms with E-state index in [1.165, 1.54) is 12.8 Å². The number of rotatable bonds is 15. The fraction of sp³-hybridized carbons (Fsp3) is 0.778. The van der Waals surface area contributed by atoms with Gasteiger partial charge in [-0.2, -0.15) is 0 Å². The third-order valence-corrected chi connectivity index (χ3v) is 14.3. The zero-order valence-corrected chi connectivity index (χ0v) is 21.6. The molecule has 0 aliphatic carbocycles. The van der Waals surface area contributed by atoms with Gasteiger partial charge in [0, 0.05) is 18.6 Å². The summed E-state index contributed by atoms with van der Waals surface area (Å²) >= 11 is 0. The van der Waals surface area contributed by atoms with E-state index < -0.39 is 43.8 Å². The lowest BCUT2D eigenvalue weighted by molar-refractivity contribution is -0.143. The second-order valence-electron chi connectivity index (χ2n) is 8.38. The van der Waals surface area contributed by atoms with Gasteiger partial charge in [-0.3, -0.25) is 4.79 Å². The van der Waals surface area contributed by atoms with E-state index in [0.29, 0.717) is 13.0 Å². The second-order valence-corrected chi connectivity index (χ2v) is 19.9. The van der Waals surface area contributed by atoms with Crippen LogP contribution in [0.4, 0.5) is 0 Å². The first kappa shape index (κ1) is 27.2. The van der Waals surface area contributed by atoms with E-state index in [4.69, 9.17) is 22.5 Å². The van der Waals surface area contributed by atoms with Crippen LogP contribution in [0.5, 0.6) is 0 Å². The number of carboxylic acids is 1. The van der Waals surface area contributed by atoms with Crippen LogP contribution in [0, 0.1) is 0 Å². The molecule has 0 heterocycles. The van der Waals surface area contributed by atoms with Crippen molar-refractivity contribution in [3.8, 4) is 0 Å². The quantitative estimate of drug-likeness (QED) is 0.171. The maximum atomic E-state index is 11.6. The smallest absolute Gasteiger partial charge is 0.333 e.